The second-order valence-electron chi connectivity index (χ2n) is 3.96. The minimum absolute atomic E-state index is 0.687. The summed E-state index contributed by atoms with van der Waals surface area (Å²) in [5, 5.41) is 8.76. The molecular weight excluding hydrogens is 240 g/mol. The molecular formula is C15H14N2S. The molecule has 18 heavy (non-hydrogen) atoms. The average molecular weight is 254 g/mol. The van der Waals surface area contributed by atoms with Crippen molar-refractivity contribution in [2.24, 2.45) is 0 Å². The van der Waals surface area contributed by atoms with E-state index in [1.165, 1.54) is 10.5 Å². The highest BCUT2D eigenvalue weighted by molar-refractivity contribution is 7.99. The number of hydrogen-bond donors (Lipinski definition) is 1. The normalized spacial score (nSPS) is 10.0. The summed E-state index contributed by atoms with van der Waals surface area (Å²) in [5.41, 5.74) is 8.53. The Bertz CT molecular complexity index is 582. The average Bonchev–Trinajstić information content (AvgIpc) is 2.41. The van der Waals surface area contributed by atoms with Gasteiger partial charge in [-0.15, -0.1) is 0 Å². The predicted molar refractivity (Wildman–Crippen MR) is 75.5 cm³/mol. The number of nitriles is 1. The van der Waals surface area contributed by atoms with Gasteiger partial charge in [-0.3, -0.25) is 0 Å². The lowest BCUT2D eigenvalue weighted by Gasteiger charge is -2.08. The van der Waals surface area contributed by atoms with Crippen LogP contribution in [0, 0.1) is 11.3 Å². The van der Waals surface area contributed by atoms with Crippen LogP contribution in [0.5, 0.6) is 0 Å². The van der Waals surface area contributed by atoms with E-state index in [1.54, 1.807) is 11.8 Å². The minimum atomic E-state index is 0.687. The van der Waals surface area contributed by atoms with Crippen molar-refractivity contribution in [3.63, 3.8) is 0 Å². The van der Waals surface area contributed by atoms with Crippen molar-refractivity contribution in [2.75, 3.05) is 5.73 Å². The van der Waals surface area contributed by atoms with Gasteiger partial charge in [-0.2, -0.15) is 5.26 Å². The third kappa shape index (κ3) is 2.85. The van der Waals surface area contributed by atoms with E-state index in [-0.39, 0.29) is 0 Å². The summed E-state index contributed by atoms with van der Waals surface area (Å²) in [5.74, 6) is 0. The molecule has 2 aromatic carbocycles. The zero-order valence-corrected chi connectivity index (χ0v) is 11.0. The van der Waals surface area contributed by atoms with Crippen molar-refractivity contribution in [3.8, 4) is 6.07 Å². The SMILES string of the molecule is CCc1cc(N)ccc1Sc1ccc(C#N)cc1. The predicted octanol–water partition coefficient (Wildman–Crippen LogP) is 3.85. The van der Waals surface area contributed by atoms with Crippen molar-refractivity contribution in [1.29, 1.82) is 5.26 Å². The molecule has 2 nitrogen and oxygen atoms in total. The molecule has 0 fully saturated rings. The summed E-state index contributed by atoms with van der Waals surface area (Å²) in [6.45, 7) is 2.12. The Morgan fingerprint density at radius 2 is 1.89 bits per heavy atom. The van der Waals surface area contributed by atoms with Crippen molar-refractivity contribution < 1.29 is 0 Å². The van der Waals surface area contributed by atoms with E-state index in [0.717, 1.165) is 17.0 Å². The van der Waals surface area contributed by atoms with Crippen LogP contribution in [0.25, 0.3) is 0 Å². The zero-order chi connectivity index (χ0) is 13.0. The molecule has 0 atom stereocenters. The number of nitrogens with two attached hydrogens (primary N) is 1. The van der Waals surface area contributed by atoms with Crippen LogP contribution in [0.2, 0.25) is 0 Å². The summed E-state index contributed by atoms with van der Waals surface area (Å²) in [6.07, 6.45) is 0.962. The van der Waals surface area contributed by atoms with E-state index in [9.17, 15) is 0 Å². The van der Waals surface area contributed by atoms with Gasteiger partial charge in [0.2, 0.25) is 0 Å². The second-order valence-corrected chi connectivity index (χ2v) is 5.07. The maximum Gasteiger partial charge on any atom is 0.0991 e. The molecule has 0 radical (unpaired) electrons. The second kappa shape index (κ2) is 5.61. The molecule has 0 heterocycles. The number of hydrogen-bond acceptors (Lipinski definition) is 3. The fourth-order valence-electron chi connectivity index (χ4n) is 1.70. The zero-order valence-electron chi connectivity index (χ0n) is 10.2. The quantitative estimate of drug-likeness (QED) is 0.846. The first-order chi connectivity index (χ1) is 8.72. The third-order valence-electron chi connectivity index (χ3n) is 2.68. The first-order valence-corrected chi connectivity index (χ1v) is 6.61. The number of rotatable bonds is 3. The molecule has 0 saturated heterocycles. The number of aryl methyl sites for hydroxylation is 1. The Balaban J connectivity index is 2.25. The standard InChI is InChI=1S/C15H14N2S/c1-2-12-9-13(17)5-8-15(12)18-14-6-3-11(10-16)4-7-14/h3-9H,2,17H2,1H3. The molecule has 0 bridgehead atoms. The van der Waals surface area contributed by atoms with Crippen LogP contribution in [-0.4, -0.2) is 0 Å². The van der Waals surface area contributed by atoms with Gasteiger partial charge < -0.3 is 5.73 Å². The van der Waals surface area contributed by atoms with Gasteiger partial charge >= 0.3 is 0 Å². The first-order valence-electron chi connectivity index (χ1n) is 5.79. The molecule has 0 unspecified atom stereocenters. The van der Waals surface area contributed by atoms with Crippen LogP contribution in [0.1, 0.15) is 18.1 Å². The van der Waals surface area contributed by atoms with Crippen molar-refractivity contribution in [2.45, 2.75) is 23.1 Å². The van der Waals surface area contributed by atoms with Crippen molar-refractivity contribution >= 4 is 17.4 Å². The van der Waals surface area contributed by atoms with Gasteiger partial charge in [-0.25, -0.2) is 0 Å². The van der Waals surface area contributed by atoms with E-state index in [0.29, 0.717) is 5.56 Å². The van der Waals surface area contributed by atoms with Crippen LogP contribution >= 0.6 is 11.8 Å². The summed E-state index contributed by atoms with van der Waals surface area (Å²) < 4.78 is 0. The van der Waals surface area contributed by atoms with Gasteiger partial charge in [0.25, 0.3) is 0 Å². The summed E-state index contributed by atoms with van der Waals surface area (Å²) in [4.78, 5) is 2.35. The first kappa shape index (κ1) is 12.5. The van der Waals surface area contributed by atoms with E-state index in [2.05, 4.69) is 19.1 Å². The molecule has 0 spiro atoms. The number of anilines is 1. The maximum absolute atomic E-state index is 8.76. The van der Waals surface area contributed by atoms with Gasteiger partial charge in [0, 0.05) is 15.5 Å². The Labute approximate surface area is 111 Å². The van der Waals surface area contributed by atoms with E-state index < -0.39 is 0 Å². The number of benzene rings is 2. The lowest BCUT2D eigenvalue weighted by molar-refractivity contribution is 1.08. The van der Waals surface area contributed by atoms with Crippen LogP contribution in [0.3, 0.4) is 0 Å². The highest BCUT2D eigenvalue weighted by Crippen LogP contribution is 2.31. The van der Waals surface area contributed by atoms with Crippen LogP contribution in [-0.2, 0) is 6.42 Å². The molecule has 3 heteroatoms. The topological polar surface area (TPSA) is 49.8 Å². The molecule has 0 aromatic heterocycles. The molecule has 0 aliphatic carbocycles. The van der Waals surface area contributed by atoms with Crippen LogP contribution < -0.4 is 5.73 Å². The van der Waals surface area contributed by atoms with Crippen LogP contribution in [0.4, 0.5) is 5.69 Å². The van der Waals surface area contributed by atoms with Gasteiger partial charge in [-0.1, -0.05) is 18.7 Å². The summed E-state index contributed by atoms with van der Waals surface area (Å²) in [6, 6.07) is 15.7. The van der Waals surface area contributed by atoms with Crippen molar-refractivity contribution in [1.82, 2.24) is 0 Å². The Hall–Kier alpha value is -1.92. The number of nitrogens with zero attached hydrogens (tertiary/aromatic N) is 1. The Morgan fingerprint density at radius 1 is 1.17 bits per heavy atom. The van der Waals surface area contributed by atoms with Gasteiger partial charge in [0.05, 0.1) is 11.6 Å². The molecule has 0 saturated carbocycles. The fourth-order valence-corrected chi connectivity index (χ4v) is 2.70. The highest BCUT2D eigenvalue weighted by atomic mass is 32.2. The fraction of sp³-hybridized carbons (Fsp3) is 0.133. The van der Waals surface area contributed by atoms with Crippen molar-refractivity contribution in [3.05, 3.63) is 53.6 Å². The van der Waals surface area contributed by atoms with E-state index >= 15 is 0 Å². The molecule has 0 aliphatic heterocycles. The van der Waals surface area contributed by atoms with Gasteiger partial charge in [0.1, 0.15) is 0 Å². The smallest absolute Gasteiger partial charge is 0.0991 e. The van der Waals surface area contributed by atoms with E-state index in [4.69, 9.17) is 11.0 Å². The van der Waals surface area contributed by atoms with Gasteiger partial charge in [0.15, 0.2) is 0 Å². The summed E-state index contributed by atoms with van der Waals surface area (Å²) >= 11 is 1.70. The Morgan fingerprint density at radius 3 is 2.50 bits per heavy atom. The monoisotopic (exact) mass is 254 g/mol. The third-order valence-corrected chi connectivity index (χ3v) is 3.80. The lowest BCUT2D eigenvalue weighted by atomic mass is 10.1. The molecule has 90 valence electrons. The van der Waals surface area contributed by atoms with E-state index in [1.807, 2.05) is 36.4 Å². The minimum Gasteiger partial charge on any atom is -0.399 e. The highest BCUT2D eigenvalue weighted by Gasteiger charge is 2.04. The largest absolute Gasteiger partial charge is 0.399 e. The lowest BCUT2D eigenvalue weighted by Crippen LogP contribution is -1.90. The molecule has 2 aromatic rings. The maximum atomic E-state index is 8.76. The molecule has 2 N–H and O–H groups in total. The molecule has 0 aliphatic rings. The molecule has 2 rings (SSSR count). The molecule has 0 amide bonds. The summed E-state index contributed by atoms with van der Waals surface area (Å²) in [7, 11) is 0. The van der Waals surface area contributed by atoms with Crippen LogP contribution in [0.15, 0.2) is 52.3 Å². The number of nitrogen functional groups attached to an aromatic ring is 1. The Kier molecular flexibility index (Phi) is 3.91. The van der Waals surface area contributed by atoms with Gasteiger partial charge in [-0.05, 0) is 54.4 Å².